The highest BCUT2D eigenvalue weighted by Gasteiger charge is 2.76. The van der Waals surface area contributed by atoms with Crippen molar-refractivity contribution in [3.63, 3.8) is 0 Å². The van der Waals surface area contributed by atoms with Crippen molar-refractivity contribution in [3.05, 3.63) is 87.9 Å². The van der Waals surface area contributed by atoms with Gasteiger partial charge in [-0.05, 0) is 119 Å². The van der Waals surface area contributed by atoms with E-state index in [9.17, 15) is 95.8 Å². The number of anilines is 1. The average molecular weight is 1720 g/mol. The zero-order chi connectivity index (χ0) is 90.3. The standard InChI is InChI=1S/C83H111FN14O23S/c1-49(99)37-88(6)68(107)39-90(8)70(109)41-92(10)72(111)43-94(12)74(113)45-96(14)76(115)46-97(15)75(114)44-95(13)73(112)42-93(11)71(110)40-91(9)69(108)38-89(7)65(104)17-16-31-119-60-34-54(98-66(105)25-26-67(98)106)21-18-52(60)19-24-64(103)86-51(3)80(117)87-50(2)79(116)85-48-118-47-62(102)83-63(120-77(121-83)27-23-61-58(84)29-32-122-61)35-57-56-22-20-53-33-55(100)28-30-81(53,4)78(56)59(101)36-82(57,83)5/h18,21,23,25-30,32-34,50-51,56-57,59,63,77-78,101H,16-17,19-20,22,24,31,35-48H2,1-15H3,(H,85,116)(H,86,103)(H,87,117)/b27-23+/t50-,51-,56-,57-,59-,63+,77+,78+,81-,82-,83+/m0/s1. The number of carbonyl (C=O) groups is 18. The number of Topliss-reactive ketones (excluding diaryl/α,β-unsaturated/α-hetero) is 2. The van der Waals surface area contributed by atoms with Crippen LogP contribution < -0.4 is 25.6 Å². The number of aliphatic hydroxyl groups excluding tert-OH is 1. The Hall–Kier alpha value is -11.3. The van der Waals surface area contributed by atoms with Crippen LogP contribution in [0.4, 0.5) is 10.1 Å². The SMILES string of the molecule is CC(=O)CN(C)C(=O)CN(C)C(=O)CN(C)C(=O)CN(C)C(=O)CN(C)C(=O)CN(C)C(=O)CN(C)C(=O)CN(C)C(=O)CN(C)C(=O)CN(C)C(=O)CCCOc1cc(N2C(=O)C=CC2=O)ccc1CCC(=O)N[C@@H](C)C(=O)N[C@@H](C)C(=O)NCOCC(=O)[C@@]12O[C@H](/C=C/c3sccc3F)O[C@@H]1C[C@H]1[C@@H]3CCC4=CC(=O)C=C[C@]4(C)[C@H]3[C@@H](O)C[C@@]12C. The molecule has 1 aromatic carbocycles. The number of carbonyl (C=O) groups excluding carboxylic acids is 18. The minimum atomic E-state index is -1.63. The number of amides is 15. The van der Waals surface area contributed by atoms with E-state index in [-0.39, 0.29) is 92.6 Å². The molecule has 8 rings (SSSR count). The van der Waals surface area contributed by atoms with Crippen LogP contribution in [0.3, 0.4) is 0 Å². The molecule has 1 aromatic heterocycles. The number of halogens is 1. The molecule has 1 saturated heterocycles. The largest absolute Gasteiger partial charge is 0.493 e. The lowest BCUT2D eigenvalue weighted by Gasteiger charge is -2.59. The molecule has 4 fully saturated rings. The Kier molecular flexibility index (Phi) is 32.7. The lowest BCUT2D eigenvalue weighted by molar-refractivity contribution is -0.194. The number of hydrogen-bond acceptors (Lipinski definition) is 24. The number of nitrogens with zero attached hydrogens (tertiary/aromatic N) is 11. The molecule has 6 aliphatic rings. The zero-order valence-corrected chi connectivity index (χ0v) is 72.3. The minimum absolute atomic E-state index is 0.00933. The van der Waals surface area contributed by atoms with E-state index in [0.717, 1.165) is 66.7 Å². The van der Waals surface area contributed by atoms with E-state index in [2.05, 4.69) is 16.0 Å². The summed E-state index contributed by atoms with van der Waals surface area (Å²) in [5, 5.41) is 21.5. The Labute approximate surface area is 710 Å². The third-order valence-corrected chi connectivity index (χ3v) is 24.3. The smallest absolute Gasteiger partial charge is 0.258 e. The maximum Gasteiger partial charge on any atom is 0.258 e. The number of allylic oxidation sites excluding steroid dienone is 4. The fourth-order valence-electron chi connectivity index (χ4n) is 16.2. The molecule has 39 heteroatoms. The van der Waals surface area contributed by atoms with Crippen molar-refractivity contribution in [2.45, 2.75) is 122 Å². The van der Waals surface area contributed by atoms with Crippen LogP contribution in [-0.2, 0) is 107 Å². The molecule has 3 heterocycles. The Bertz CT molecular complexity index is 4530. The van der Waals surface area contributed by atoms with E-state index in [4.69, 9.17) is 18.9 Å². The van der Waals surface area contributed by atoms with Gasteiger partial charge in [0.25, 0.3) is 11.8 Å². The van der Waals surface area contributed by atoms with Gasteiger partial charge in [-0.15, -0.1) is 11.3 Å². The Morgan fingerprint density at radius 3 is 1.61 bits per heavy atom. The molecule has 0 radical (unpaired) electrons. The van der Waals surface area contributed by atoms with Crippen LogP contribution in [-0.4, -0.2) is 352 Å². The number of likely N-dealkylation sites (N-methyl/N-ethyl adjacent to an activating group) is 10. The first kappa shape index (κ1) is 96.2. The summed E-state index contributed by atoms with van der Waals surface area (Å²) in [7, 11) is 13.3. The number of fused-ring (bicyclic) bond motifs is 7. The van der Waals surface area contributed by atoms with Crippen LogP contribution in [0, 0.1) is 34.4 Å². The van der Waals surface area contributed by atoms with Gasteiger partial charge in [0.2, 0.25) is 76.8 Å². The summed E-state index contributed by atoms with van der Waals surface area (Å²) in [6.07, 6.45) is 9.24. The van der Waals surface area contributed by atoms with Crippen LogP contribution in [0.25, 0.3) is 6.08 Å². The summed E-state index contributed by atoms with van der Waals surface area (Å²) in [4.78, 5) is 247. The van der Waals surface area contributed by atoms with Crippen molar-refractivity contribution in [1.82, 2.24) is 64.9 Å². The van der Waals surface area contributed by atoms with Crippen LogP contribution in [0.15, 0.2) is 71.7 Å². The molecule has 2 aromatic rings. The second-order valence-electron chi connectivity index (χ2n) is 32.6. The number of ether oxygens (including phenoxy) is 4. The molecule has 2 aliphatic heterocycles. The molecule has 122 heavy (non-hydrogen) atoms. The highest BCUT2D eigenvalue weighted by atomic mass is 32.1. The highest BCUT2D eigenvalue weighted by Crippen LogP contribution is 2.70. The number of hydrogen-bond donors (Lipinski definition) is 4. The number of thiophene rings is 1. The third kappa shape index (κ3) is 23.3. The van der Waals surface area contributed by atoms with E-state index in [1.165, 1.54) is 132 Å². The fourth-order valence-corrected chi connectivity index (χ4v) is 16.9. The van der Waals surface area contributed by atoms with Crippen molar-refractivity contribution in [2.24, 2.45) is 28.6 Å². The van der Waals surface area contributed by atoms with Gasteiger partial charge in [0.05, 0.1) is 94.8 Å². The van der Waals surface area contributed by atoms with Gasteiger partial charge in [0, 0.05) is 118 Å². The molecule has 0 spiro atoms. The normalized spacial score (nSPS) is 22.1. The van der Waals surface area contributed by atoms with Crippen molar-refractivity contribution in [3.8, 4) is 5.75 Å². The monoisotopic (exact) mass is 1720 g/mol. The van der Waals surface area contributed by atoms with Gasteiger partial charge in [-0.3, -0.25) is 86.3 Å². The van der Waals surface area contributed by atoms with E-state index in [1.54, 1.807) is 29.7 Å². The van der Waals surface area contributed by atoms with Gasteiger partial charge in [-0.25, -0.2) is 9.29 Å². The van der Waals surface area contributed by atoms with Crippen molar-refractivity contribution in [1.29, 1.82) is 0 Å². The highest BCUT2D eigenvalue weighted by molar-refractivity contribution is 7.10. The molecular weight excluding hydrogens is 1610 g/mol. The molecule has 664 valence electrons. The summed E-state index contributed by atoms with van der Waals surface area (Å²) in [6, 6.07) is 3.46. The summed E-state index contributed by atoms with van der Waals surface area (Å²) in [6.45, 7) is 2.61. The topological polar surface area (TPSA) is 436 Å². The number of imide groups is 1. The predicted molar refractivity (Wildman–Crippen MR) is 437 cm³/mol. The summed E-state index contributed by atoms with van der Waals surface area (Å²) in [5.41, 5.74) is -1.64. The lowest BCUT2D eigenvalue weighted by atomic mass is 9.46. The fraction of sp³-hybridized carbons (Fsp3) is 0.566. The molecule has 0 bridgehead atoms. The minimum Gasteiger partial charge on any atom is -0.493 e. The molecule has 15 amide bonds. The average Bonchev–Trinajstić information content (AvgIpc) is 0.867. The van der Waals surface area contributed by atoms with E-state index in [0.29, 0.717) is 29.7 Å². The molecule has 3 saturated carbocycles. The molecular formula is C83H111FN14O23S. The van der Waals surface area contributed by atoms with Crippen molar-refractivity contribution in [2.75, 3.05) is 161 Å². The number of aryl methyl sites for hydroxylation is 1. The number of rotatable bonds is 40. The van der Waals surface area contributed by atoms with Crippen molar-refractivity contribution < 1.29 is 115 Å². The molecule has 0 unspecified atom stereocenters. The molecule has 37 nitrogen and oxygen atoms in total. The predicted octanol–water partition coefficient (Wildman–Crippen LogP) is -0.668. The first-order valence-corrected chi connectivity index (χ1v) is 40.7. The first-order valence-electron chi connectivity index (χ1n) is 39.9. The Morgan fingerprint density at radius 2 is 1.12 bits per heavy atom. The first-order chi connectivity index (χ1) is 57.3. The summed E-state index contributed by atoms with van der Waals surface area (Å²) >= 11 is 1.18. The van der Waals surface area contributed by atoms with Gasteiger partial charge in [-0.1, -0.05) is 31.6 Å². The number of nitrogens with one attached hydrogen (secondary N) is 3. The van der Waals surface area contributed by atoms with Crippen molar-refractivity contribution >= 4 is 129 Å². The maximum atomic E-state index is 14.9. The molecule has 4 N–H and O–H groups in total. The number of ketones is 3. The third-order valence-electron chi connectivity index (χ3n) is 23.4. The quantitative estimate of drug-likeness (QED) is 0.0365. The van der Waals surface area contributed by atoms with E-state index >= 15 is 0 Å². The Morgan fingerprint density at radius 1 is 0.639 bits per heavy atom. The van der Waals surface area contributed by atoms with Gasteiger partial charge < -0.3 is 89.0 Å². The second kappa shape index (κ2) is 41.5. The van der Waals surface area contributed by atoms with E-state index in [1.807, 2.05) is 19.9 Å². The van der Waals surface area contributed by atoms with Crippen LogP contribution in [0.2, 0.25) is 0 Å². The molecule has 11 atom stereocenters. The second-order valence-corrected chi connectivity index (χ2v) is 33.5. The van der Waals surface area contributed by atoms with E-state index < -0.39 is 213 Å². The molecule has 4 aliphatic carbocycles. The van der Waals surface area contributed by atoms with Gasteiger partial charge >= 0.3 is 0 Å². The summed E-state index contributed by atoms with van der Waals surface area (Å²) in [5.74, 6) is -11.0. The summed E-state index contributed by atoms with van der Waals surface area (Å²) < 4.78 is 39.7. The Balaban J connectivity index is 0.734. The van der Waals surface area contributed by atoms with Gasteiger partial charge in [0.1, 0.15) is 42.8 Å². The van der Waals surface area contributed by atoms with Gasteiger partial charge in [-0.2, -0.15) is 0 Å². The van der Waals surface area contributed by atoms with Crippen LogP contribution in [0.1, 0.15) is 90.0 Å². The van der Waals surface area contributed by atoms with Gasteiger partial charge in [0.15, 0.2) is 23.5 Å². The maximum absolute atomic E-state index is 14.9. The number of benzene rings is 1. The zero-order valence-electron chi connectivity index (χ0n) is 71.5. The lowest BCUT2D eigenvalue weighted by Crippen LogP contribution is -2.63. The van der Waals surface area contributed by atoms with Crippen LogP contribution >= 0.6 is 11.3 Å². The number of aliphatic hydroxyl groups is 1. The van der Waals surface area contributed by atoms with Crippen LogP contribution in [0.5, 0.6) is 5.75 Å².